The van der Waals surface area contributed by atoms with Crippen molar-refractivity contribution in [3.63, 3.8) is 0 Å². The molecule has 1 aliphatic carbocycles. The van der Waals surface area contributed by atoms with Crippen molar-refractivity contribution in [1.82, 2.24) is 9.47 Å². The van der Waals surface area contributed by atoms with Gasteiger partial charge in [-0.1, -0.05) is 26.0 Å². The maximum absolute atomic E-state index is 13.0. The largest absolute Gasteiger partial charge is 0.456 e. The number of aromatic nitrogens is 1. The lowest BCUT2D eigenvalue weighted by Gasteiger charge is -2.26. The van der Waals surface area contributed by atoms with Crippen molar-refractivity contribution in [1.29, 1.82) is 0 Å². The summed E-state index contributed by atoms with van der Waals surface area (Å²) in [7, 11) is 0. The Morgan fingerprint density at radius 2 is 1.59 bits per heavy atom. The Morgan fingerprint density at radius 3 is 2.06 bits per heavy atom. The lowest BCUT2D eigenvalue weighted by atomic mass is 9.85. The van der Waals surface area contributed by atoms with Crippen LogP contribution in [0.2, 0.25) is 0 Å². The van der Waals surface area contributed by atoms with E-state index in [1.54, 1.807) is 0 Å². The summed E-state index contributed by atoms with van der Waals surface area (Å²) in [5.74, 6) is -2.35. The normalized spacial score (nSPS) is 21.4. The van der Waals surface area contributed by atoms with E-state index >= 15 is 0 Å². The lowest BCUT2D eigenvalue weighted by molar-refractivity contribution is -0.158. The fourth-order valence-corrected chi connectivity index (χ4v) is 5.05. The quantitative estimate of drug-likeness (QED) is 0.265. The van der Waals surface area contributed by atoms with Crippen LogP contribution in [0.4, 0.5) is 0 Å². The summed E-state index contributed by atoms with van der Waals surface area (Å²) in [5.41, 5.74) is 2.32. The van der Waals surface area contributed by atoms with E-state index in [0.717, 1.165) is 16.3 Å². The minimum atomic E-state index is -1.00. The molecule has 3 atom stereocenters. The highest BCUT2D eigenvalue weighted by Crippen LogP contribution is 2.37. The molecule has 174 valence electrons. The highest BCUT2D eigenvalue weighted by atomic mass is 16.5. The minimum Gasteiger partial charge on any atom is -0.456 e. The Hall–Kier alpha value is -2.70. The number of carbonyl (C=O) groups excluding carboxylic acids is 4. The van der Waals surface area contributed by atoms with Gasteiger partial charge in [0, 0.05) is 23.0 Å². The Bertz CT molecular complexity index is 930. The van der Waals surface area contributed by atoms with E-state index in [4.69, 9.17) is 4.74 Å². The van der Waals surface area contributed by atoms with Gasteiger partial charge in [-0.2, -0.15) is 0 Å². The average Bonchev–Trinajstić information content (AvgIpc) is 3.17. The fraction of sp³-hybridized carbons (Fsp3) is 0.600. The summed E-state index contributed by atoms with van der Waals surface area (Å²) >= 11 is 0. The molecule has 2 aliphatic rings. The van der Waals surface area contributed by atoms with Crippen LogP contribution in [0, 0.1) is 31.6 Å². The second kappa shape index (κ2) is 9.43. The standard InChI is InChI=1S/C25H34N2O5/c1-14(2)11-21(27-23(29)18-9-7-8-10-19(18)24(27)30)25(31)32-13-22(28)20-12-16(5)26(15(3)4)17(20)6/h7-8,12,14-15,18-19,21H,9-11,13H2,1-6H3. The molecule has 3 rings (SSSR count). The number of aryl methyl sites for hydroxylation is 1. The van der Waals surface area contributed by atoms with Crippen LogP contribution >= 0.6 is 0 Å². The first kappa shape index (κ1) is 24.0. The van der Waals surface area contributed by atoms with Gasteiger partial charge in [-0.05, 0) is 58.9 Å². The zero-order chi connectivity index (χ0) is 23.7. The predicted molar refractivity (Wildman–Crippen MR) is 120 cm³/mol. The Labute approximate surface area is 189 Å². The molecule has 2 amide bonds. The number of fused-ring (bicyclic) bond motifs is 1. The Balaban J connectivity index is 1.75. The monoisotopic (exact) mass is 442 g/mol. The molecule has 0 radical (unpaired) electrons. The van der Waals surface area contributed by atoms with Crippen LogP contribution in [-0.2, 0) is 19.1 Å². The molecule has 1 aromatic rings. The van der Waals surface area contributed by atoms with E-state index in [0.29, 0.717) is 24.8 Å². The molecule has 3 unspecified atom stereocenters. The topological polar surface area (TPSA) is 85.7 Å². The maximum Gasteiger partial charge on any atom is 0.329 e. The van der Waals surface area contributed by atoms with E-state index in [2.05, 4.69) is 4.57 Å². The smallest absolute Gasteiger partial charge is 0.329 e. The van der Waals surface area contributed by atoms with Crippen molar-refractivity contribution in [2.45, 2.75) is 72.9 Å². The van der Waals surface area contributed by atoms with Crippen molar-refractivity contribution in [2.75, 3.05) is 6.61 Å². The molecule has 2 heterocycles. The third-order valence-electron chi connectivity index (χ3n) is 6.47. The van der Waals surface area contributed by atoms with E-state index in [1.807, 2.05) is 59.8 Å². The SMILES string of the molecule is Cc1cc(C(=O)COC(=O)C(CC(C)C)N2C(=O)C3CC=CCC3C2=O)c(C)n1C(C)C. The van der Waals surface area contributed by atoms with Crippen molar-refractivity contribution in [2.24, 2.45) is 17.8 Å². The van der Waals surface area contributed by atoms with Gasteiger partial charge in [0.1, 0.15) is 6.04 Å². The third kappa shape index (κ3) is 4.43. The molecular formula is C25H34N2O5. The first-order valence-corrected chi connectivity index (χ1v) is 11.4. The van der Waals surface area contributed by atoms with Crippen molar-refractivity contribution in [3.8, 4) is 0 Å². The molecule has 1 aliphatic heterocycles. The number of ether oxygens (including phenoxy) is 1. The zero-order valence-corrected chi connectivity index (χ0v) is 19.9. The summed E-state index contributed by atoms with van der Waals surface area (Å²) in [6.45, 7) is 11.3. The molecule has 0 bridgehead atoms. The number of hydrogen-bond acceptors (Lipinski definition) is 5. The summed E-state index contributed by atoms with van der Waals surface area (Å²) in [6, 6.07) is 1.01. The molecule has 7 heteroatoms. The number of esters is 1. The van der Waals surface area contributed by atoms with Crippen LogP contribution in [-0.4, -0.2) is 45.7 Å². The first-order chi connectivity index (χ1) is 15.0. The number of Topliss-reactive ketones (excluding diaryl/α,β-unsaturated/α-hetero) is 1. The summed E-state index contributed by atoms with van der Waals surface area (Å²) in [4.78, 5) is 52.9. The van der Waals surface area contributed by atoms with Crippen LogP contribution in [0.5, 0.6) is 0 Å². The lowest BCUT2D eigenvalue weighted by Crippen LogP contribution is -2.47. The van der Waals surface area contributed by atoms with Crippen molar-refractivity contribution < 1.29 is 23.9 Å². The van der Waals surface area contributed by atoms with Crippen LogP contribution in [0.3, 0.4) is 0 Å². The highest BCUT2D eigenvalue weighted by molar-refractivity contribution is 6.08. The van der Waals surface area contributed by atoms with Crippen molar-refractivity contribution in [3.05, 3.63) is 35.2 Å². The number of likely N-dealkylation sites (tertiary alicyclic amines) is 1. The highest BCUT2D eigenvalue weighted by Gasteiger charge is 2.51. The number of carbonyl (C=O) groups is 4. The molecule has 0 spiro atoms. The Kier molecular flexibility index (Phi) is 7.06. The number of amides is 2. The second-order valence-corrected chi connectivity index (χ2v) is 9.63. The minimum absolute atomic E-state index is 0.0644. The van der Waals surface area contributed by atoms with Crippen LogP contribution < -0.4 is 0 Å². The number of ketones is 1. The number of hydrogen-bond donors (Lipinski definition) is 0. The van der Waals surface area contributed by atoms with Crippen LogP contribution in [0.15, 0.2) is 18.2 Å². The second-order valence-electron chi connectivity index (χ2n) is 9.63. The third-order valence-corrected chi connectivity index (χ3v) is 6.47. The summed E-state index contributed by atoms with van der Waals surface area (Å²) < 4.78 is 7.45. The number of imide groups is 1. The van der Waals surface area contributed by atoms with E-state index < -0.39 is 30.5 Å². The average molecular weight is 443 g/mol. The Morgan fingerprint density at radius 1 is 1.03 bits per heavy atom. The molecular weight excluding hydrogens is 408 g/mol. The molecule has 1 fully saturated rings. The zero-order valence-electron chi connectivity index (χ0n) is 19.9. The predicted octanol–water partition coefficient (Wildman–Crippen LogP) is 3.78. The summed E-state index contributed by atoms with van der Waals surface area (Å²) in [5, 5.41) is 0. The van der Waals surface area contributed by atoms with E-state index in [1.165, 1.54) is 0 Å². The number of nitrogens with zero attached hydrogens (tertiary/aromatic N) is 2. The van der Waals surface area contributed by atoms with Gasteiger partial charge >= 0.3 is 5.97 Å². The van der Waals surface area contributed by atoms with Crippen LogP contribution in [0.1, 0.15) is 74.7 Å². The molecule has 0 N–H and O–H groups in total. The molecule has 1 aromatic heterocycles. The molecule has 7 nitrogen and oxygen atoms in total. The van der Waals surface area contributed by atoms with Crippen molar-refractivity contribution >= 4 is 23.6 Å². The molecule has 0 aromatic carbocycles. The van der Waals surface area contributed by atoms with Crippen LogP contribution in [0.25, 0.3) is 0 Å². The van der Waals surface area contributed by atoms with Gasteiger partial charge in [0.15, 0.2) is 6.61 Å². The van der Waals surface area contributed by atoms with Gasteiger partial charge in [-0.25, -0.2) is 4.79 Å². The van der Waals surface area contributed by atoms with Gasteiger partial charge in [0.2, 0.25) is 17.6 Å². The maximum atomic E-state index is 13.0. The van der Waals surface area contributed by atoms with Gasteiger partial charge < -0.3 is 9.30 Å². The molecule has 32 heavy (non-hydrogen) atoms. The van der Waals surface area contributed by atoms with Gasteiger partial charge in [-0.3, -0.25) is 19.3 Å². The number of rotatable bonds is 8. The van der Waals surface area contributed by atoms with Gasteiger partial charge in [0.25, 0.3) is 0 Å². The van der Waals surface area contributed by atoms with Gasteiger partial charge in [0.05, 0.1) is 11.8 Å². The molecule has 0 saturated carbocycles. The summed E-state index contributed by atoms with van der Waals surface area (Å²) in [6.07, 6.45) is 5.16. The fourth-order valence-electron chi connectivity index (χ4n) is 5.05. The van der Waals surface area contributed by atoms with E-state index in [-0.39, 0.29) is 29.6 Å². The van der Waals surface area contributed by atoms with Gasteiger partial charge in [-0.15, -0.1) is 0 Å². The molecule has 1 saturated heterocycles. The number of allylic oxidation sites excluding steroid dienone is 2. The first-order valence-electron chi connectivity index (χ1n) is 11.4. The van der Waals surface area contributed by atoms with E-state index in [9.17, 15) is 19.2 Å².